The van der Waals surface area contributed by atoms with E-state index < -0.39 is 5.54 Å². The van der Waals surface area contributed by atoms with Crippen molar-refractivity contribution in [1.82, 2.24) is 5.32 Å². The zero-order valence-electron chi connectivity index (χ0n) is 11.7. The minimum absolute atomic E-state index is 0.174. The molecule has 2 rings (SSSR count). The molecule has 0 spiro atoms. The Kier molecular flexibility index (Phi) is 5.18. The van der Waals surface area contributed by atoms with Crippen LogP contribution < -0.4 is 11.1 Å². The summed E-state index contributed by atoms with van der Waals surface area (Å²) in [7, 11) is 0. The number of rotatable bonds is 6. The Morgan fingerprint density at radius 3 is 2.95 bits per heavy atom. The highest BCUT2D eigenvalue weighted by Crippen LogP contribution is 2.28. The van der Waals surface area contributed by atoms with Crippen LogP contribution in [0.5, 0.6) is 0 Å². The first kappa shape index (κ1) is 15.5. The molecule has 1 heterocycles. The number of amides is 1. The molecule has 0 saturated carbocycles. The molecule has 1 saturated heterocycles. The molecule has 110 valence electrons. The summed E-state index contributed by atoms with van der Waals surface area (Å²) < 4.78 is 6.55. The van der Waals surface area contributed by atoms with E-state index in [0.29, 0.717) is 13.0 Å². The summed E-state index contributed by atoms with van der Waals surface area (Å²) in [5, 5.41) is 3.35. The van der Waals surface area contributed by atoms with E-state index in [1.54, 1.807) is 0 Å². The third kappa shape index (κ3) is 3.22. The molecule has 1 aliphatic rings. The lowest BCUT2D eigenvalue weighted by molar-refractivity contribution is -0.125. The molecule has 0 aliphatic carbocycles. The summed E-state index contributed by atoms with van der Waals surface area (Å²) >= 11 is 3.45. The summed E-state index contributed by atoms with van der Waals surface area (Å²) in [5.41, 5.74) is 5.74. The van der Waals surface area contributed by atoms with Crippen LogP contribution in [0.25, 0.3) is 0 Å². The van der Waals surface area contributed by atoms with Gasteiger partial charge in [-0.3, -0.25) is 10.1 Å². The van der Waals surface area contributed by atoms with Crippen molar-refractivity contribution >= 4 is 21.8 Å². The SMILES string of the molecule is CCC(NCC1CCCO1)(C(N)=O)c1cccc(Br)c1. The highest BCUT2D eigenvalue weighted by Gasteiger charge is 2.37. The molecule has 3 N–H and O–H groups in total. The van der Waals surface area contributed by atoms with Crippen molar-refractivity contribution in [1.29, 1.82) is 0 Å². The summed E-state index contributed by atoms with van der Waals surface area (Å²) in [5.74, 6) is -0.351. The summed E-state index contributed by atoms with van der Waals surface area (Å²) in [6.07, 6.45) is 2.89. The van der Waals surface area contributed by atoms with Crippen LogP contribution in [-0.4, -0.2) is 25.2 Å². The van der Waals surface area contributed by atoms with Gasteiger partial charge in [0.2, 0.25) is 5.91 Å². The van der Waals surface area contributed by atoms with Gasteiger partial charge in [0, 0.05) is 17.6 Å². The van der Waals surface area contributed by atoms with Gasteiger partial charge in [-0.1, -0.05) is 35.0 Å². The molecule has 4 nitrogen and oxygen atoms in total. The normalized spacial score (nSPS) is 21.6. The summed E-state index contributed by atoms with van der Waals surface area (Å²) in [6.45, 7) is 3.41. The molecule has 0 radical (unpaired) electrons. The molecule has 2 atom stereocenters. The maximum atomic E-state index is 12.1. The van der Waals surface area contributed by atoms with Crippen LogP contribution in [0.3, 0.4) is 0 Å². The van der Waals surface area contributed by atoms with Crippen molar-refractivity contribution < 1.29 is 9.53 Å². The average Bonchev–Trinajstić information content (AvgIpc) is 2.93. The molecule has 1 aromatic carbocycles. The molecule has 2 unspecified atom stereocenters. The van der Waals surface area contributed by atoms with Gasteiger partial charge in [-0.2, -0.15) is 0 Å². The second-order valence-electron chi connectivity index (χ2n) is 5.15. The number of hydrogen-bond acceptors (Lipinski definition) is 3. The van der Waals surface area contributed by atoms with Gasteiger partial charge in [-0.05, 0) is 37.0 Å². The second kappa shape index (κ2) is 6.70. The number of nitrogens with two attached hydrogens (primary N) is 1. The Morgan fingerprint density at radius 1 is 1.60 bits per heavy atom. The quantitative estimate of drug-likeness (QED) is 0.835. The third-order valence-corrected chi connectivity index (χ3v) is 4.42. The van der Waals surface area contributed by atoms with Crippen LogP contribution in [0, 0.1) is 0 Å². The zero-order chi connectivity index (χ0) is 14.6. The lowest BCUT2D eigenvalue weighted by Crippen LogP contribution is -2.54. The van der Waals surface area contributed by atoms with Crippen LogP contribution >= 0.6 is 15.9 Å². The number of carbonyl (C=O) groups is 1. The van der Waals surface area contributed by atoms with Gasteiger partial charge in [0.15, 0.2) is 0 Å². The molecule has 0 bridgehead atoms. The van der Waals surface area contributed by atoms with Crippen molar-refractivity contribution in [3.05, 3.63) is 34.3 Å². The van der Waals surface area contributed by atoms with E-state index in [-0.39, 0.29) is 12.0 Å². The number of nitrogens with one attached hydrogen (secondary N) is 1. The molecular weight excluding hydrogens is 320 g/mol. The number of halogens is 1. The van der Waals surface area contributed by atoms with E-state index in [4.69, 9.17) is 10.5 Å². The molecule has 20 heavy (non-hydrogen) atoms. The monoisotopic (exact) mass is 340 g/mol. The zero-order valence-corrected chi connectivity index (χ0v) is 13.3. The molecule has 1 fully saturated rings. The Morgan fingerprint density at radius 2 is 2.40 bits per heavy atom. The minimum Gasteiger partial charge on any atom is -0.377 e. The van der Waals surface area contributed by atoms with E-state index in [2.05, 4.69) is 21.2 Å². The summed E-state index contributed by atoms with van der Waals surface area (Å²) in [4.78, 5) is 12.1. The van der Waals surface area contributed by atoms with Gasteiger partial charge in [-0.25, -0.2) is 0 Å². The lowest BCUT2D eigenvalue weighted by atomic mass is 9.86. The standard InChI is InChI=1S/C15H21BrN2O2/c1-2-15(14(17)19,11-5-3-6-12(16)9-11)18-10-13-7-4-8-20-13/h3,5-6,9,13,18H,2,4,7-8,10H2,1H3,(H2,17,19). The van der Waals surface area contributed by atoms with Gasteiger partial charge in [0.1, 0.15) is 5.54 Å². The number of hydrogen-bond donors (Lipinski definition) is 2. The smallest absolute Gasteiger partial charge is 0.242 e. The van der Waals surface area contributed by atoms with E-state index in [1.807, 2.05) is 31.2 Å². The molecule has 1 amide bonds. The van der Waals surface area contributed by atoms with Crippen molar-refractivity contribution in [2.75, 3.05) is 13.2 Å². The molecule has 5 heteroatoms. The van der Waals surface area contributed by atoms with Crippen molar-refractivity contribution in [3.63, 3.8) is 0 Å². The first-order valence-electron chi connectivity index (χ1n) is 7.01. The predicted molar refractivity (Wildman–Crippen MR) is 82.3 cm³/mol. The van der Waals surface area contributed by atoms with Crippen LogP contribution in [-0.2, 0) is 15.1 Å². The van der Waals surface area contributed by atoms with E-state index in [1.165, 1.54) is 0 Å². The van der Waals surface area contributed by atoms with E-state index >= 15 is 0 Å². The Labute approximate surface area is 128 Å². The van der Waals surface area contributed by atoms with Crippen molar-refractivity contribution in [3.8, 4) is 0 Å². The van der Waals surface area contributed by atoms with Gasteiger partial charge in [0.25, 0.3) is 0 Å². The number of carbonyl (C=O) groups excluding carboxylic acids is 1. The topological polar surface area (TPSA) is 64.3 Å². The van der Waals surface area contributed by atoms with Gasteiger partial charge in [-0.15, -0.1) is 0 Å². The van der Waals surface area contributed by atoms with Crippen LogP contribution in [0.1, 0.15) is 31.7 Å². The predicted octanol–water partition coefficient (Wildman–Crippen LogP) is 2.31. The fourth-order valence-corrected chi connectivity index (χ4v) is 3.08. The van der Waals surface area contributed by atoms with E-state index in [0.717, 1.165) is 29.5 Å². The summed E-state index contributed by atoms with van der Waals surface area (Å²) in [6, 6.07) is 7.73. The van der Waals surface area contributed by atoms with Crippen molar-refractivity contribution in [2.24, 2.45) is 5.73 Å². The van der Waals surface area contributed by atoms with Crippen molar-refractivity contribution in [2.45, 2.75) is 37.8 Å². The Bertz CT molecular complexity index is 475. The molecule has 1 aromatic rings. The number of ether oxygens (including phenoxy) is 1. The number of primary amides is 1. The Hall–Kier alpha value is -0.910. The van der Waals surface area contributed by atoms with Crippen LogP contribution in [0.2, 0.25) is 0 Å². The third-order valence-electron chi connectivity index (χ3n) is 3.92. The highest BCUT2D eigenvalue weighted by molar-refractivity contribution is 9.10. The van der Waals surface area contributed by atoms with Crippen LogP contribution in [0.15, 0.2) is 28.7 Å². The molecule has 0 aromatic heterocycles. The maximum absolute atomic E-state index is 12.1. The first-order chi connectivity index (χ1) is 9.58. The average molecular weight is 341 g/mol. The van der Waals surface area contributed by atoms with Gasteiger partial charge in [0.05, 0.1) is 6.10 Å². The van der Waals surface area contributed by atoms with Gasteiger partial charge < -0.3 is 10.5 Å². The maximum Gasteiger partial charge on any atom is 0.242 e. The lowest BCUT2D eigenvalue weighted by Gasteiger charge is -2.32. The minimum atomic E-state index is -0.838. The highest BCUT2D eigenvalue weighted by atomic mass is 79.9. The van der Waals surface area contributed by atoms with E-state index in [9.17, 15) is 4.79 Å². The number of benzene rings is 1. The molecule has 1 aliphatic heterocycles. The van der Waals surface area contributed by atoms with Gasteiger partial charge >= 0.3 is 0 Å². The molecular formula is C15H21BrN2O2. The second-order valence-corrected chi connectivity index (χ2v) is 6.07. The first-order valence-corrected chi connectivity index (χ1v) is 7.80. The Balaban J connectivity index is 2.22. The largest absolute Gasteiger partial charge is 0.377 e. The fraction of sp³-hybridized carbons (Fsp3) is 0.533. The van der Waals surface area contributed by atoms with Crippen LogP contribution in [0.4, 0.5) is 0 Å². The fourth-order valence-electron chi connectivity index (χ4n) is 2.68.